The van der Waals surface area contributed by atoms with E-state index in [1.165, 1.54) is 11.1 Å². The van der Waals surface area contributed by atoms with E-state index in [0.29, 0.717) is 24.9 Å². The van der Waals surface area contributed by atoms with Crippen molar-refractivity contribution in [2.24, 2.45) is 11.8 Å². The summed E-state index contributed by atoms with van der Waals surface area (Å²) in [6.45, 7) is 14.5. The smallest absolute Gasteiger partial charge is 0.410 e. The number of carbonyl (C=O) groups excluding carboxylic acids is 2. The molecular weight excluding hydrogens is 580 g/mol. The fraction of sp³-hybridized carbons (Fsp3) is 0.553. The molecule has 2 fully saturated rings. The van der Waals surface area contributed by atoms with Gasteiger partial charge >= 0.3 is 18.2 Å². The maximum absolute atomic E-state index is 13.6. The number of rotatable bonds is 10. The number of ether oxygens (including phenoxy) is 2. The molecule has 2 amide bonds. The van der Waals surface area contributed by atoms with Crippen LogP contribution in [0, 0.1) is 11.8 Å². The molecule has 0 saturated heterocycles. The average molecular weight is 633 g/mol. The number of hydrogen-bond donors (Lipinski definition) is 1. The SMILES string of the molecule is CCC(=Cc1ccccc1)[C@@H]1C[C@H]1N(C[C@H]1CC[C@H](N(Cc2ccc(C(=O)O)cc2)C(=O)OC(C)(C)C)CC1)C(=O)OC(C)(C)C. The van der Waals surface area contributed by atoms with Gasteiger partial charge in [0.2, 0.25) is 0 Å². The third kappa shape index (κ3) is 10.1. The van der Waals surface area contributed by atoms with Crippen molar-refractivity contribution >= 4 is 24.2 Å². The molecule has 250 valence electrons. The largest absolute Gasteiger partial charge is 0.478 e. The highest BCUT2D eigenvalue weighted by atomic mass is 16.6. The van der Waals surface area contributed by atoms with Gasteiger partial charge in [0.15, 0.2) is 0 Å². The second-order valence-electron chi connectivity index (χ2n) is 14.8. The number of carboxylic acid groups (broad SMARTS) is 1. The molecule has 2 aliphatic carbocycles. The minimum Gasteiger partial charge on any atom is -0.478 e. The quantitative estimate of drug-likeness (QED) is 0.281. The molecule has 0 spiro atoms. The van der Waals surface area contributed by atoms with Crippen LogP contribution in [0.1, 0.15) is 108 Å². The average Bonchev–Trinajstić information content (AvgIpc) is 3.77. The van der Waals surface area contributed by atoms with Crippen LogP contribution in [-0.2, 0) is 16.0 Å². The maximum atomic E-state index is 13.6. The molecule has 0 aromatic heterocycles. The number of aromatic carboxylic acids is 1. The predicted molar refractivity (Wildman–Crippen MR) is 180 cm³/mol. The number of benzene rings is 2. The Morgan fingerprint density at radius 1 is 0.826 bits per heavy atom. The van der Waals surface area contributed by atoms with Gasteiger partial charge in [-0.25, -0.2) is 14.4 Å². The first-order valence-corrected chi connectivity index (χ1v) is 16.7. The molecule has 0 radical (unpaired) electrons. The fourth-order valence-electron chi connectivity index (χ4n) is 6.36. The molecule has 46 heavy (non-hydrogen) atoms. The molecule has 2 atom stereocenters. The van der Waals surface area contributed by atoms with Crippen LogP contribution in [0.15, 0.2) is 60.2 Å². The summed E-state index contributed by atoms with van der Waals surface area (Å²) in [5.41, 5.74) is 2.38. The lowest BCUT2D eigenvalue weighted by molar-refractivity contribution is 0.00499. The Morgan fingerprint density at radius 3 is 1.91 bits per heavy atom. The van der Waals surface area contributed by atoms with Crippen molar-refractivity contribution in [3.8, 4) is 0 Å². The molecule has 8 nitrogen and oxygen atoms in total. The number of carboxylic acids is 1. The van der Waals surface area contributed by atoms with Crippen LogP contribution in [0.5, 0.6) is 0 Å². The van der Waals surface area contributed by atoms with Crippen LogP contribution in [0.4, 0.5) is 9.59 Å². The van der Waals surface area contributed by atoms with Crippen molar-refractivity contribution in [2.75, 3.05) is 6.54 Å². The lowest BCUT2D eigenvalue weighted by atomic mass is 9.84. The first-order valence-electron chi connectivity index (χ1n) is 16.7. The summed E-state index contributed by atoms with van der Waals surface area (Å²) in [6, 6.07) is 17.1. The van der Waals surface area contributed by atoms with Gasteiger partial charge < -0.3 is 24.4 Å². The fourth-order valence-corrected chi connectivity index (χ4v) is 6.36. The number of nitrogens with zero attached hydrogens (tertiary/aromatic N) is 2. The van der Waals surface area contributed by atoms with Crippen LogP contribution in [0.25, 0.3) is 6.08 Å². The number of hydrogen-bond acceptors (Lipinski definition) is 5. The van der Waals surface area contributed by atoms with Gasteiger partial charge in [-0.05, 0) is 109 Å². The minimum absolute atomic E-state index is 0.0191. The van der Waals surface area contributed by atoms with Gasteiger partial charge in [0.05, 0.1) is 5.56 Å². The molecule has 1 N–H and O–H groups in total. The first kappa shape index (κ1) is 35.1. The zero-order valence-corrected chi connectivity index (χ0v) is 28.6. The van der Waals surface area contributed by atoms with Crippen LogP contribution in [0.2, 0.25) is 0 Å². The Labute approximate surface area is 274 Å². The highest BCUT2D eigenvalue weighted by Crippen LogP contribution is 2.45. The molecule has 2 saturated carbocycles. The van der Waals surface area contributed by atoms with E-state index >= 15 is 0 Å². The van der Waals surface area contributed by atoms with Gasteiger partial charge in [-0.2, -0.15) is 0 Å². The summed E-state index contributed by atoms with van der Waals surface area (Å²) < 4.78 is 11.7. The molecule has 0 heterocycles. The third-order valence-corrected chi connectivity index (χ3v) is 8.71. The van der Waals surface area contributed by atoms with E-state index in [2.05, 4.69) is 25.1 Å². The molecule has 4 rings (SSSR count). The van der Waals surface area contributed by atoms with Gasteiger partial charge in [-0.1, -0.05) is 61.0 Å². The molecular formula is C38H52N2O6. The van der Waals surface area contributed by atoms with E-state index in [1.54, 1.807) is 29.2 Å². The Morgan fingerprint density at radius 2 is 1.39 bits per heavy atom. The first-order chi connectivity index (χ1) is 21.6. The molecule has 2 aromatic rings. The van der Waals surface area contributed by atoms with Crippen LogP contribution in [0.3, 0.4) is 0 Å². The second-order valence-corrected chi connectivity index (χ2v) is 14.8. The Kier molecular flexibility index (Phi) is 11.2. The molecule has 2 aromatic carbocycles. The van der Waals surface area contributed by atoms with Crippen molar-refractivity contribution in [3.63, 3.8) is 0 Å². The van der Waals surface area contributed by atoms with Crippen molar-refractivity contribution in [3.05, 3.63) is 76.9 Å². The summed E-state index contributed by atoms with van der Waals surface area (Å²) in [4.78, 5) is 42.1. The summed E-state index contributed by atoms with van der Waals surface area (Å²) in [5, 5.41) is 9.29. The van der Waals surface area contributed by atoms with E-state index in [4.69, 9.17) is 9.47 Å². The lowest BCUT2D eigenvalue weighted by Gasteiger charge is -2.39. The standard InChI is InChI=1S/C38H52N2O6/c1-8-29(22-26-12-10-9-11-13-26)32-23-33(32)40(36(44)46-38(5,6)7)25-28-16-20-31(21-17-28)39(35(43)45-37(2,3)4)24-27-14-18-30(19-15-27)34(41)42/h9-15,18-19,22,28,31-33H,8,16-17,20-21,23-25H2,1-7H3,(H,41,42)/t28-,31-,32-,33+/m0/s1. The Bertz CT molecular complexity index is 1360. The second kappa shape index (κ2) is 14.7. The Balaban J connectivity index is 1.46. The van der Waals surface area contributed by atoms with E-state index < -0.39 is 17.2 Å². The van der Waals surface area contributed by atoms with Crippen molar-refractivity contribution in [2.45, 2.75) is 117 Å². The monoisotopic (exact) mass is 632 g/mol. The lowest BCUT2D eigenvalue weighted by Crippen LogP contribution is -2.46. The zero-order valence-electron chi connectivity index (χ0n) is 28.6. The van der Waals surface area contributed by atoms with Crippen LogP contribution < -0.4 is 0 Å². The van der Waals surface area contributed by atoms with Crippen molar-refractivity contribution in [1.82, 2.24) is 9.80 Å². The van der Waals surface area contributed by atoms with E-state index in [0.717, 1.165) is 44.1 Å². The maximum Gasteiger partial charge on any atom is 0.410 e. The van der Waals surface area contributed by atoms with Gasteiger partial charge in [0, 0.05) is 31.1 Å². The summed E-state index contributed by atoms with van der Waals surface area (Å²) >= 11 is 0. The molecule has 0 aliphatic heterocycles. The summed E-state index contributed by atoms with van der Waals surface area (Å²) in [6.07, 6.45) is 6.85. The van der Waals surface area contributed by atoms with E-state index in [9.17, 15) is 19.5 Å². The van der Waals surface area contributed by atoms with Gasteiger partial charge in [-0.3, -0.25) is 0 Å². The Hall–Kier alpha value is -3.81. The zero-order chi connectivity index (χ0) is 33.6. The highest BCUT2D eigenvalue weighted by Gasteiger charge is 2.47. The molecule has 0 unspecified atom stereocenters. The van der Waals surface area contributed by atoms with Crippen LogP contribution >= 0.6 is 0 Å². The van der Waals surface area contributed by atoms with Crippen molar-refractivity contribution < 1.29 is 29.0 Å². The van der Waals surface area contributed by atoms with E-state index in [-0.39, 0.29) is 29.8 Å². The predicted octanol–water partition coefficient (Wildman–Crippen LogP) is 8.80. The summed E-state index contributed by atoms with van der Waals surface area (Å²) in [5.74, 6) is -0.363. The topological polar surface area (TPSA) is 96.4 Å². The van der Waals surface area contributed by atoms with Crippen LogP contribution in [-0.4, -0.2) is 62.9 Å². The third-order valence-electron chi connectivity index (χ3n) is 8.71. The molecule has 8 heteroatoms. The van der Waals surface area contributed by atoms with E-state index in [1.807, 2.05) is 64.6 Å². The normalized spacial score (nSPS) is 21.7. The van der Waals surface area contributed by atoms with Gasteiger partial charge in [0.1, 0.15) is 11.2 Å². The highest BCUT2D eigenvalue weighted by molar-refractivity contribution is 5.87. The van der Waals surface area contributed by atoms with Gasteiger partial charge in [0.25, 0.3) is 0 Å². The number of amides is 2. The molecule has 0 bridgehead atoms. The summed E-state index contributed by atoms with van der Waals surface area (Å²) in [7, 11) is 0. The van der Waals surface area contributed by atoms with Crippen molar-refractivity contribution in [1.29, 1.82) is 0 Å². The molecule has 2 aliphatic rings. The minimum atomic E-state index is -0.982. The number of carbonyl (C=O) groups is 3. The van der Waals surface area contributed by atoms with Gasteiger partial charge in [-0.15, -0.1) is 0 Å².